The SMILES string of the molecule is CC(=O)N(CC(O)CN(C(C)=O)c1c(C)c(C=O)c(C)c(C(=O)NCC(O)CO)c1C)c1c(C)c(C)c(C)c(C(=O)NCC(O)CO)c1C. The monoisotopic (exact) mass is 686 g/mol. The molecule has 2 aromatic carbocycles. The predicted molar refractivity (Wildman–Crippen MR) is 184 cm³/mol. The number of anilines is 2. The van der Waals surface area contributed by atoms with E-state index in [2.05, 4.69) is 10.6 Å². The van der Waals surface area contributed by atoms with Gasteiger partial charge in [0.1, 0.15) is 0 Å². The van der Waals surface area contributed by atoms with Crippen molar-refractivity contribution in [3.8, 4) is 0 Å². The number of hydrogen-bond donors (Lipinski definition) is 7. The molecule has 0 saturated carbocycles. The fourth-order valence-electron chi connectivity index (χ4n) is 6.18. The van der Waals surface area contributed by atoms with E-state index < -0.39 is 55.2 Å². The molecular weight excluding hydrogens is 636 g/mol. The summed E-state index contributed by atoms with van der Waals surface area (Å²) in [6.07, 6.45) is -3.14. The van der Waals surface area contributed by atoms with Crippen LogP contribution in [0.3, 0.4) is 0 Å². The number of carbonyl (C=O) groups is 5. The number of nitrogens with zero attached hydrogens (tertiary/aromatic N) is 2. The number of benzene rings is 2. The van der Waals surface area contributed by atoms with Crippen LogP contribution >= 0.6 is 0 Å². The molecule has 2 rings (SSSR count). The highest BCUT2D eigenvalue weighted by molar-refractivity contribution is 6.05. The maximum atomic E-state index is 13.2. The van der Waals surface area contributed by atoms with Crippen molar-refractivity contribution >= 4 is 41.3 Å². The number of aldehydes is 1. The van der Waals surface area contributed by atoms with Gasteiger partial charge in [-0.3, -0.25) is 24.0 Å². The van der Waals surface area contributed by atoms with Crippen molar-refractivity contribution in [3.05, 3.63) is 55.6 Å². The molecule has 0 spiro atoms. The van der Waals surface area contributed by atoms with Crippen LogP contribution < -0.4 is 20.4 Å². The maximum absolute atomic E-state index is 13.2. The highest BCUT2D eigenvalue weighted by Gasteiger charge is 2.30. The summed E-state index contributed by atoms with van der Waals surface area (Å²) >= 11 is 0. The third kappa shape index (κ3) is 9.08. The van der Waals surface area contributed by atoms with Crippen molar-refractivity contribution in [2.45, 2.75) is 80.6 Å². The molecule has 270 valence electrons. The van der Waals surface area contributed by atoms with Gasteiger partial charge in [-0.1, -0.05) is 0 Å². The van der Waals surface area contributed by atoms with Gasteiger partial charge in [-0.25, -0.2) is 0 Å². The lowest BCUT2D eigenvalue weighted by atomic mass is 9.90. The molecular formula is C35H50N4O10. The van der Waals surface area contributed by atoms with E-state index in [-0.39, 0.29) is 48.6 Å². The van der Waals surface area contributed by atoms with Crippen LogP contribution in [0.2, 0.25) is 0 Å². The second-order valence-corrected chi connectivity index (χ2v) is 12.4. The molecule has 0 heterocycles. The fourth-order valence-corrected chi connectivity index (χ4v) is 6.18. The third-order valence-corrected chi connectivity index (χ3v) is 8.93. The highest BCUT2D eigenvalue weighted by atomic mass is 16.3. The summed E-state index contributed by atoms with van der Waals surface area (Å²) in [7, 11) is 0. The van der Waals surface area contributed by atoms with Crippen molar-refractivity contribution in [1.82, 2.24) is 10.6 Å². The van der Waals surface area contributed by atoms with Gasteiger partial charge in [0.2, 0.25) is 11.8 Å². The first kappa shape index (κ1) is 41.0. The highest BCUT2D eigenvalue weighted by Crippen LogP contribution is 2.36. The molecule has 0 aliphatic carbocycles. The zero-order valence-corrected chi connectivity index (χ0v) is 29.7. The van der Waals surface area contributed by atoms with Gasteiger partial charge in [-0.15, -0.1) is 0 Å². The lowest BCUT2D eigenvalue weighted by molar-refractivity contribution is -0.117. The number of aliphatic hydroxyl groups is 5. The van der Waals surface area contributed by atoms with Gasteiger partial charge in [-0.05, 0) is 87.4 Å². The molecule has 2 aromatic rings. The topological polar surface area (TPSA) is 217 Å². The summed E-state index contributed by atoms with van der Waals surface area (Å²) in [5, 5.41) is 54.4. The van der Waals surface area contributed by atoms with Crippen molar-refractivity contribution in [2.75, 3.05) is 49.2 Å². The van der Waals surface area contributed by atoms with Gasteiger partial charge in [0.25, 0.3) is 11.8 Å². The van der Waals surface area contributed by atoms with Crippen LogP contribution in [0.4, 0.5) is 11.4 Å². The Morgan fingerprint density at radius 1 is 0.592 bits per heavy atom. The molecule has 49 heavy (non-hydrogen) atoms. The van der Waals surface area contributed by atoms with Gasteiger partial charge in [-0.2, -0.15) is 0 Å². The van der Waals surface area contributed by atoms with E-state index >= 15 is 0 Å². The molecule has 0 saturated heterocycles. The second kappa shape index (κ2) is 17.4. The molecule has 4 amide bonds. The van der Waals surface area contributed by atoms with Gasteiger partial charge in [0.15, 0.2) is 6.29 Å². The van der Waals surface area contributed by atoms with Crippen LogP contribution in [-0.4, -0.2) is 113 Å². The first-order valence-corrected chi connectivity index (χ1v) is 15.9. The lowest BCUT2D eigenvalue weighted by Crippen LogP contribution is -2.45. The van der Waals surface area contributed by atoms with Crippen molar-refractivity contribution in [1.29, 1.82) is 0 Å². The number of hydrogen-bond acceptors (Lipinski definition) is 10. The fraction of sp³-hybridized carbons (Fsp3) is 0.514. The average Bonchev–Trinajstić information content (AvgIpc) is 3.04. The Morgan fingerprint density at radius 2 is 0.980 bits per heavy atom. The minimum Gasteiger partial charge on any atom is -0.394 e. The average molecular weight is 687 g/mol. The molecule has 7 N–H and O–H groups in total. The Hall–Kier alpha value is -4.21. The largest absolute Gasteiger partial charge is 0.394 e. The van der Waals surface area contributed by atoms with Crippen LogP contribution in [0.15, 0.2) is 0 Å². The van der Waals surface area contributed by atoms with Crippen LogP contribution in [0.25, 0.3) is 0 Å². The summed E-state index contributed by atoms with van der Waals surface area (Å²) in [5.41, 5.74) is 4.76. The third-order valence-electron chi connectivity index (χ3n) is 8.93. The number of aliphatic hydroxyl groups excluding tert-OH is 5. The van der Waals surface area contributed by atoms with Gasteiger partial charge < -0.3 is 46.0 Å². The molecule has 0 aliphatic heterocycles. The van der Waals surface area contributed by atoms with Gasteiger partial charge >= 0.3 is 0 Å². The Bertz CT molecular complexity index is 1610. The maximum Gasteiger partial charge on any atom is 0.252 e. The van der Waals surface area contributed by atoms with Gasteiger partial charge in [0, 0.05) is 43.6 Å². The van der Waals surface area contributed by atoms with E-state index in [9.17, 15) is 39.3 Å². The second-order valence-electron chi connectivity index (χ2n) is 12.4. The Kier molecular flexibility index (Phi) is 14.6. The van der Waals surface area contributed by atoms with Crippen molar-refractivity contribution < 1.29 is 49.5 Å². The summed E-state index contributed by atoms with van der Waals surface area (Å²) in [5.74, 6) is -2.10. The first-order chi connectivity index (χ1) is 22.8. The zero-order valence-electron chi connectivity index (χ0n) is 29.7. The first-order valence-electron chi connectivity index (χ1n) is 15.9. The quantitative estimate of drug-likeness (QED) is 0.129. The normalized spacial score (nSPS) is 12.9. The van der Waals surface area contributed by atoms with Crippen molar-refractivity contribution in [2.24, 2.45) is 0 Å². The Morgan fingerprint density at radius 3 is 1.35 bits per heavy atom. The number of amides is 4. The molecule has 0 aromatic heterocycles. The van der Waals surface area contributed by atoms with E-state index in [4.69, 9.17) is 10.2 Å². The lowest BCUT2D eigenvalue weighted by Gasteiger charge is -2.33. The summed E-state index contributed by atoms with van der Waals surface area (Å²) in [6, 6.07) is 0. The standard InChI is InChI=1S/C35H50N4O10/c1-17-18(2)30(34(48)36-10-26(45)14-40)22(6)32(19(17)3)38(24(8)43)12-28(47)13-39(25(9)44)33-21(5)29(16-42)20(4)31(23(33)7)35(49)37-11-27(46)15-41/h16,26-28,40-41,45-47H,10-15H2,1-9H3,(H,36,48)(H,37,49). The molecule has 0 bridgehead atoms. The van der Waals surface area contributed by atoms with E-state index in [1.54, 1.807) is 48.5 Å². The molecule has 3 unspecified atom stereocenters. The Balaban J connectivity index is 2.61. The Labute approximate surface area is 286 Å². The van der Waals surface area contributed by atoms with E-state index in [1.807, 2.05) is 0 Å². The van der Waals surface area contributed by atoms with Crippen LogP contribution in [0.1, 0.15) is 83.9 Å². The van der Waals surface area contributed by atoms with E-state index in [1.165, 1.54) is 23.6 Å². The predicted octanol–water partition coefficient (Wildman–Crippen LogP) is 0.591. The molecule has 14 nitrogen and oxygen atoms in total. The van der Waals surface area contributed by atoms with Crippen LogP contribution in [-0.2, 0) is 9.59 Å². The molecule has 0 fully saturated rings. The minimum atomic E-state index is -1.35. The van der Waals surface area contributed by atoms with Gasteiger partial charge in [0.05, 0.1) is 56.0 Å². The smallest absolute Gasteiger partial charge is 0.252 e. The summed E-state index contributed by atoms with van der Waals surface area (Å²) < 4.78 is 0. The van der Waals surface area contributed by atoms with E-state index in [0.717, 1.165) is 5.56 Å². The molecule has 0 aliphatic rings. The van der Waals surface area contributed by atoms with E-state index in [0.29, 0.717) is 45.4 Å². The van der Waals surface area contributed by atoms with Crippen molar-refractivity contribution in [3.63, 3.8) is 0 Å². The number of nitrogens with one attached hydrogen (secondary N) is 2. The molecule has 0 radical (unpaired) electrons. The summed E-state index contributed by atoms with van der Waals surface area (Å²) in [6.45, 7) is 12.2. The molecule has 3 atom stereocenters. The zero-order chi connectivity index (χ0) is 37.5. The van der Waals surface area contributed by atoms with Crippen LogP contribution in [0, 0.1) is 48.5 Å². The number of rotatable bonds is 15. The minimum absolute atomic E-state index is 0.0950. The molecule has 14 heteroatoms. The summed E-state index contributed by atoms with van der Waals surface area (Å²) in [4.78, 5) is 67.6. The number of carbonyl (C=O) groups excluding carboxylic acids is 5. The van der Waals surface area contributed by atoms with Crippen LogP contribution in [0.5, 0.6) is 0 Å².